The number of amides is 2. The second-order valence-electron chi connectivity index (χ2n) is 9.03. The number of nitrogens with one attached hydrogen (secondary N) is 2. The lowest BCUT2D eigenvalue weighted by Gasteiger charge is -2.21. The lowest BCUT2D eigenvalue weighted by Crippen LogP contribution is -2.31. The minimum atomic E-state index is -0.218. The molecule has 2 amide bonds. The van der Waals surface area contributed by atoms with Crippen molar-refractivity contribution in [2.75, 3.05) is 24.3 Å². The Kier molecular flexibility index (Phi) is 6.97. The van der Waals surface area contributed by atoms with Crippen molar-refractivity contribution in [2.45, 2.75) is 25.8 Å². The molecule has 188 valence electrons. The van der Waals surface area contributed by atoms with Crippen LogP contribution in [0.4, 0.5) is 17.1 Å². The first-order valence-electron chi connectivity index (χ1n) is 12.2. The summed E-state index contributed by atoms with van der Waals surface area (Å²) in [5.41, 5.74) is 4.33. The highest BCUT2D eigenvalue weighted by Crippen LogP contribution is 2.39. The molecule has 0 saturated heterocycles. The Morgan fingerprint density at radius 2 is 1.70 bits per heavy atom. The van der Waals surface area contributed by atoms with E-state index in [4.69, 9.17) is 16.3 Å². The number of fused-ring (bicyclic) bond motifs is 2. The average molecular weight is 515 g/mol. The van der Waals surface area contributed by atoms with Gasteiger partial charge in [0, 0.05) is 40.9 Å². The number of carbonyl (C=O) groups is 2. The van der Waals surface area contributed by atoms with Crippen LogP contribution in [0.25, 0.3) is 10.9 Å². The summed E-state index contributed by atoms with van der Waals surface area (Å²) in [4.78, 5) is 31.2. The molecule has 1 aliphatic rings. The fourth-order valence-corrected chi connectivity index (χ4v) is 4.76. The number of nitrogens with zero attached hydrogens (tertiary/aromatic N) is 2. The van der Waals surface area contributed by atoms with Crippen LogP contribution in [0.15, 0.2) is 72.9 Å². The van der Waals surface area contributed by atoms with Crippen molar-refractivity contribution in [3.8, 4) is 5.75 Å². The molecule has 7 nitrogen and oxygen atoms in total. The van der Waals surface area contributed by atoms with E-state index < -0.39 is 0 Å². The zero-order valence-electron chi connectivity index (χ0n) is 20.6. The largest absolute Gasteiger partial charge is 0.494 e. The van der Waals surface area contributed by atoms with Crippen LogP contribution in [0, 0.1) is 0 Å². The number of ether oxygens (including phenoxy) is 1. The first kappa shape index (κ1) is 24.6. The number of anilines is 3. The number of pyridine rings is 1. The molecule has 5 rings (SSSR count). The Balaban J connectivity index is 1.30. The Labute approximate surface area is 220 Å². The van der Waals surface area contributed by atoms with Crippen molar-refractivity contribution in [3.63, 3.8) is 0 Å². The predicted molar refractivity (Wildman–Crippen MR) is 147 cm³/mol. The van der Waals surface area contributed by atoms with Crippen LogP contribution in [0.3, 0.4) is 0 Å². The third kappa shape index (κ3) is 4.95. The van der Waals surface area contributed by atoms with Gasteiger partial charge in [0.15, 0.2) is 0 Å². The molecule has 0 fully saturated rings. The molecule has 1 aliphatic heterocycles. The summed E-state index contributed by atoms with van der Waals surface area (Å²) in [6.07, 6.45) is 3.20. The van der Waals surface area contributed by atoms with Gasteiger partial charge >= 0.3 is 0 Å². The van der Waals surface area contributed by atoms with E-state index in [2.05, 4.69) is 22.5 Å². The van der Waals surface area contributed by atoms with Crippen molar-refractivity contribution in [1.29, 1.82) is 0 Å². The lowest BCUT2D eigenvalue weighted by molar-refractivity contribution is 0.0651. The minimum Gasteiger partial charge on any atom is -0.494 e. The van der Waals surface area contributed by atoms with E-state index in [1.807, 2.05) is 42.5 Å². The fourth-order valence-electron chi connectivity index (χ4n) is 4.64. The van der Waals surface area contributed by atoms with Crippen molar-refractivity contribution < 1.29 is 14.3 Å². The van der Waals surface area contributed by atoms with Gasteiger partial charge in [0.1, 0.15) is 5.75 Å². The lowest BCUT2D eigenvalue weighted by atomic mass is 10.1. The van der Waals surface area contributed by atoms with Crippen LogP contribution < -0.4 is 15.4 Å². The quantitative estimate of drug-likeness (QED) is 0.247. The second-order valence-corrected chi connectivity index (χ2v) is 9.46. The zero-order chi connectivity index (χ0) is 25.9. The van der Waals surface area contributed by atoms with E-state index in [1.165, 1.54) is 4.90 Å². The molecular weight excluding hydrogens is 488 g/mol. The van der Waals surface area contributed by atoms with Gasteiger partial charge in [-0.15, -0.1) is 0 Å². The molecule has 0 aliphatic carbocycles. The smallest absolute Gasteiger partial charge is 0.261 e. The van der Waals surface area contributed by atoms with Crippen molar-refractivity contribution in [2.24, 2.45) is 0 Å². The third-order valence-electron chi connectivity index (χ3n) is 6.49. The number of methoxy groups -OCH3 is 1. The van der Waals surface area contributed by atoms with Gasteiger partial charge in [-0.1, -0.05) is 23.7 Å². The predicted octanol–water partition coefficient (Wildman–Crippen LogP) is 6.52. The Hall–Kier alpha value is -4.10. The highest BCUT2D eigenvalue weighted by Gasteiger charge is 2.34. The van der Waals surface area contributed by atoms with E-state index >= 15 is 0 Å². The molecule has 0 radical (unpaired) electrons. The molecule has 2 heterocycles. The molecule has 0 spiro atoms. The molecule has 1 unspecified atom stereocenters. The standard InChI is InChI=1S/C29H27ClN4O3/c1-18(7-6-16-34-28(35)21-8-3-4-9-22(21)29(34)36)32-24-17-25(37-2)27(23-10-5-15-31-26(23)24)33-20-13-11-19(30)12-14-20/h3-5,8-15,17-18,32-33H,6-7,16H2,1-2H3. The van der Waals surface area contributed by atoms with Crippen molar-refractivity contribution in [1.82, 2.24) is 9.88 Å². The Bertz CT molecular complexity index is 1440. The molecule has 3 aromatic carbocycles. The molecule has 37 heavy (non-hydrogen) atoms. The molecule has 4 aromatic rings. The van der Waals surface area contributed by atoms with Crippen molar-refractivity contribution in [3.05, 3.63) is 89.1 Å². The van der Waals surface area contributed by atoms with Crippen molar-refractivity contribution >= 4 is 51.4 Å². The summed E-state index contributed by atoms with van der Waals surface area (Å²) >= 11 is 6.04. The molecular formula is C29H27ClN4O3. The molecule has 0 bridgehead atoms. The summed E-state index contributed by atoms with van der Waals surface area (Å²) in [5, 5.41) is 8.56. The van der Waals surface area contributed by atoms with Crippen LogP contribution in [0.2, 0.25) is 5.02 Å². The van der Waals surface area contributed by atoms with Gasteiger partial charge in [-0.25, -0.2) is 0 Å². The summed E-state index contributed by atoms with van der Waals surface area (Å²) in [6, 6.07) is 20.4. The number of hydrogen-bond acceptors (Lipinski definition) is 6. The number of imide groups is 1. The van der Waals surface area contributed by atoms with Gasteiger partial charge in [0.25, 0.3) is 11.8 Å². The number of carbonyl (C=O) groups excluding carboxylic acids is 2. The Morgan fingerprint density at radius 1 is 1.00 bits per heavy atom. The number of halogens is 1. The van der Waals surface area contributed by atoms with E-state index in [1.54, 1.807) is 37.6 Å². The van der Waals surface area contributed by atoms with E-state index in [0.717, 1.165) is 34.4 Å². The first-order valence-corrected chi connectivity index (χ1v) is 12.5. The molecule has 1 aromatic heterocycles. The maximum Gasteiger partial charge on any atom is 0.261 e. The summed E-state index contributed by atoms with van der Waals surface area (Å²) in [7, 11) is 1.64. The van der Waals surface area contributed by atoms with E-state index in [0.29, 0.717) is 34.9 Å². The molecule has 1 atom stereocenters. The third-order valence-corrected chi connectivity index (χ3v) is 6.74. The maximum absolute atomic E-state index is 12.6. The highest BCUT2D eigenvalue weighted by atomic mass is 35.5. The van der Waals surface area contributed by atoms with Gasteiger partial charge in [-0.05, 0) is 68.3 Å². The highest BCUT2D eigenvalue weighted by molar-refractivity contribution is 6.30. The Morgan fingerprint density at radius 3 is 2.38 bits per heavy atom. The average Bonchev–Trinajstić information content (AvgIpc) is 3.16. The van der Waals surface area contributed by atoms with Gasteiger partial charge in [-0.2, -0.15) is 0 Å². The van der Waals surface area contributed by atoms with Crippen LogP contribution >= 0.6 is 11.6 Å². The molecule has 0 saturated carbocycles. The number of benzene rings is 3. The molecule has 2 N–H and O–H groups in total. The minimum absolute atomic E-state index is 0.0696. The van der Waals surface area contributed by atoms with E-state index in [-0.39, 0.29) is 17.9 Å². The number of hydrogen-bond donors (Lipinski definition) is 2. The van der Waals surface area contributed by atoms with Gasteiger partial charge < -0.3 is 15.4 Å². The topological polar surface area (TPSA) is 83.6 Å². The van der Waals surface area contributed by atoms with Crippen LogP contribution in [0.1, 0.15) is 40.5 Å². The van der Waals surface area contributed by atoms with Crippen LogP contribution in [0.5, 0.6) is 5.75 Å². The second kappa shape index (κ2) is 10.5. The van der Waals surface area contributed by atoms with Gasteiger partial charge in [-0.3, -0.25) is 19.5 Å². The number of aromatic nitrogens is 1. The van der Waals surface area contributed by atoms with Gasteiger partial charge in [0.2, 0.25) is 0 Å². The summed E-state index contributed by atoms with van der Waals surface area (Å²) in [6.45, 7) is 2.45. The maximum atomic E-state index is 12.6. The first-order chi connectivity index (χ1) is 18.0. The summed E-state index contributed by atoms with van der Waals surface area (Å²) in [5.74, 6) is 0.242. The monoisotopic (exact) mass is 514 g/mol. The SMILES string of the molecule is COc1cc(NC(C)CCCN2C(=O)c3ccccc3C2=O)c2ncccc2c1Nc1ccc(Cl)cc1. The summed E-state index contributed by atoms with van der Waals surface area (Å²) < 4.78 is 5.74. The normalized spacial score (nSPS) is 13.5. The van der Waals surface area contributed by atoms with Crippen LogP contribution in [-0.2, 0) is 0 Å². The zero-order valence-corrected chi connectivity index (χ0v) is 21.4. The van der Waals surface area contributed by atoms with Crippen LogP contribution in [-0.4, -0.2) is 41.4 Å². The van der Waals surface area contributed by atoms with E-state index in [9.17, 15) is 9.59 Å². The van der Waals surface area contributed by atoms with Gasteiger partial charge in [0.05, 0.1) is 35.1 Å². The molecule has 8 heteroatoms. The fraction of sp³-hybridized carbons (Fsp3) is 0.207. The number of rotatable bonds is 9.